The molecule has 1 N–H and O–H groups in total. The first-order valence-corrected chi connectivity index (χ1v) is 9.31. The quantitative estimate of drug-likeness (QED) is 0.758. The van der Waals surface area contributed by atoms with Crippen LogP contribution in [-0.2, 0) is 19.6 Å². The molecule has 0 spiro atoms. The first kappa shape index (κ1) is 20.5. The fourth-order valence-corrected chi connectivity index (χ4v) is 3.08. The minimum absolute atomic E-state index is 0.0246. The van der Waals surface area contributed by atoms with Crippen LogP contribution in [0.15, 0.2) is 47.4 Å². The van der Waals surface area contributed by atoms with Crippen molar-refractivity contribution in [1.82, 2.24) is 4.31 Å². The third-order valence-electron chi connectivity index (χ3n) is 3.69. The molecule has 0 aliphatic heterocycles. The van der Waals surface area contributed by atoms with E-state index in [4.69, 9.17) is 4.74 Å². The maximum atomic E-state index is 13.5. The molecule has 0 saturated heterocycles. The number of hydrogen-bond acceptors (Lipinski definition) is 5. The van der Waals surface area contributed by atoms with E-state index >= 15 is 0 Å². The first-order valence-electron chi connectivity index (χ1n) is 7.87. The molecule has 0 atom stereocenters. The van der Waals surface area contributed by atoms with Crippen LogP contribution in [0, 0.1) is 12.7 Å². The van der Waals surface area contributed by atoms with E-state index in [0.717, 1.165) is 4.31 Å². The van der Waals surface area contributed by atoms with Crippen LogP contribution in [0.5, 0.6) is 0 Å². The number of hydrogen-bond donors (Lipinski definition) is 1. The van der Waals surface area contributed by atoms with Crippen molar-refractivity contribution < 1.29 is 27.1 Å². The molecule has 0 heterocycles. The van der Waals surface area contributed by atoms with Crippen molar-refractivity contribution in [2.45, 2.75) is 11.8 Å². The molecule has 0 aliphatic carbocycles. The Hall–Kier alpha value is -2.78. The third-order valence-corrected chi connectivity index (χ3v) is 5.50. The van der Waals surface area contributed by atoms with Crippen LogP contribution in [0.4, 0.5) is 10.1 Å². The summed E-state index contributed by atoms with van der Waals surface area (Å²) in [4.78, 5) is 24.0. The van der Waals surface area contributed by atoms with Crippen LogP contribution in [0.2, 0.25) is 0 Å². The monoisotopic (exact) mass is 394 g/mol. The molecule has 7 nitrogen and oxygen atoms in total. The minimum Gasteiger partial charge on any atom is -0.452 e. The number of ether oxygens (including phenoxy) is 1. The average Bonchev–Trinajstić information content (AvgIpc) is 2.61. The summed E-state index contributed by atoms with van der Waals surface area (Å²) in [5, 5.41) is 2.29. The Labute approximate surface area is 156 Å². The molecule has 0 aromatic heterocycles. The number of nitrogens with zero attached hydrogens (tertiary/aromatic N) is 1. The summed E-state index contributed by atoms with van der Waals surface area (Å²) in [5.74, 6) is -2.19. The predicted octanol–water partition coefficient (Wildman–Crippen LogP) is 2.18. The Kier molecular flexibility index (Phi) is 6.29. The number of anilines is 1. The van der Waals surface area contributed by atoms with Crippen molar-refractivity contribution in [3.05, 3.63) is 59.4 Å². The van der Waals surface area contributed by atoms with Crippen LogP contribution in [0.1, 0.15) is 15.9 Å². The molecule has 0 aliphatic rings. The van der Waals surface area contributed by atoms with Crippen molar-refractivity contribution in [3.63, 3.8) is 0 Å². The highest BCUT2D eigenvalue weighted by Crippen LogP contribution is 2.19. The number of carbonyl (C=O) groups excluding carboxylic acids is 2. The zero-order chi connectivity index (χ0) is 20.2. The molecule has 0 saturated carbocycles. The molecule has 2 rings (SSSR count). The second-order valence-electron chi connectivity index (χ2n) is 5.87. The van der Waals surface area contributed by atoms with Gasteiger partial charge in [-0.15, -0.1) is 0 Å². The summed E-state index contributed by atoms with van der Waals surface area (Å²) in [7, 11) is -0.971. The van der Waals surface area contributed by atoms with E-state index in [1.165, 1.54) is 50.5 Å². The Balaban J connectivity index is 2.10. The SMILES string of the molecule is Cc1ccc(S(=O)(=O)N(C)C)cc1C(=O)OCC(=O)Nc1ccccc1F. The molecular formula is C18H19FN2O5S. The number of benzene rings is 2. The van der Waals surface area contributed by atoms with Gasteiger partial charge in [-0.05, 0) is 36.8 Å². The fourth-order valence-electron chi connectivity index (χ4n) is 2.15. The smallest absolute Gasteiger partial charge is 0.338 e. The van der Waals surface area contributed by atoms with E-state index in [0.29, 0.717) is 5.56 Å². The lowest BCUT2D eigenvalue weighted by Crippen LogP contribution is -2.23. The largest absolute Gasteiger partial charge is 0.452 e. The van der Waals surface area contributed by atoms with Crippen molar-refractivity contribution >= 4 is 27.6 Å². The second kappa shape index (κ2) is 8.28. The second-order valence-corrected chi connectivity index (χ2v) is 8.02. The highest BCUT2D eigenvalue weighted by atomic mass is 32.2. The molecule has 0 radical (unpaired) electrons. The van der Waals surface area contributed by atoms with Gasteiger partial charge < -0.3 is 10.1 Å². The Morgan fingerprint density at radius 3 is 2.44 bits per heavy atom. The maximum Gasteiger partial charge on any atom is 0.338 e. The van der Waals surface area contributed by atoms with Gasteiger partial charge in [-0.3, -0.25) is 4.79 Å². The van der Waals surface area contributed by atoms with Crippen molar-refractivity contribution in [1.29, 1.82) is 0 Å². The number of nitrogens with one attached hydrogen (secondary N) is 1. The number of aryl methyl sites for hydroxylation is 1. The predicted molar refractivity (Wildman–Crippen MR) is 97.4 cm³/mol. The number of sulfonamides is 1. The van der Waals surface area contributed by atoms with Crippen LogP contribution < -0.4 is 5.32 Å². The molecule has 2 aromatic carbocycles. The van der Waals surface area contributed by atoms with Gasteiger partial charge in [0.2, 0.25) is 10.0 Å². The Morgan fingerprint density at radius 2 is 1.81 bits per heavy atom. The summed E-state index contributed by atoms with van der Waals surface area (Å²) < 4.78 is 43.8. The summed E-state index contributed by atoms with van der Waals surface area (Å²) >= 11 is 0. The molecule has 9 heteroatoms. The number of amides is 1. The van der Waals surface area contributed by atoms with Crippen LogP contribution >= 0.6 is 0 Å². The van der Waals surface area contributed by atoms with Crippen LogP contribution in [-0.4, -0.2) is 45.3 Å². The third kappa shape index (κ3) is 4.89. The van der Waals surface area contributed by atoms with Gasteiger partial charge in [-0.2, -0.15) is 0 Å². The van der Waals surface area contributed by atoms with E-state index < -0.39 is 34.3 Å². The summed E-state index contributed by atoms with van der Waals surface area (Å²) in [6.45, 7) is 0.972. The first-order chi connectivity index (χ1) is 12.6. The van der Waals surface area contributed by atoms with E-state index in [2.05, 4.69) is 5.32 Å². The minimum atomic E-state index is -3.72. The van der Waals surface area contributed by atoms with Crippen LogP contribution in [0.25, 0.3) is 0 Å². The lowest BCUT2D eigenvalue weighted by Gasteiger charge is -2.13. The number of rotatable bonds is 6. The summed E-state index contributed by atoms with van der Waals surface area (Å²) in [6, 6.07) is 9.63. The van der Waals surface area contributed by atoms with Gasteiger partial charge in [0.1, 0.15) is 5.82 Å². The lowest BCUT2D eigenvalue weighted by atomic mass is 10.1. The number of esters is 1. The highest BCUT2D eigenvalue weighted by Gasteiger charge is 2.21. The van der Waals surface area contributed by atoms with E-state index in [9.17, 15) is 22.4 Å². The standard InChI is InChI=1S/C18H19FN2O5S/c1-12-8-9-13(27(24,25)21(2)3)10-14(12)18(23)26-11-17(22)20-16-7-5-4-6-15(16)19/h4-10H,11H2,1-3H3,(H,20,22). The zero-order valence-corrected chi connectivity index (χ0v) is 15.8. The summed E-state index contributed by atoms with van der Waals surface area (Å²) in [5.41, 5.74) is 0.484. The van der Waals surface area contributed by atoms with E-state index in [-0.39, 0.29) is 16.1 Å². The molecule has 27 heavy (non-hydrogen) atoms. The molecule has 144 valence electrons. The van der Waals surface area contributed by atoms with Crippen molar-refractivity contribution in [2.75, 3.05) is 26.0 Å². The summed E-state index contributed by atoms with van der Waals surface area (Å²) in [6.07, 6.45) is 0. The van der Waals surface area contributed by atoms with Gasteiger partial charge in [0.25, 0.3) is 5.91 Å². The van der Waals surface area contributed by atoms with Gasteiger partial charge in [0.15, 0.2) is 6.61 Å². The molecule has 0 bridgehead atoms. The van der Waals surface area contributed by atoms with Gasteiger partial charge in [0.05, 0.1) is 16.1 Å². The van der Waals surface area contributed by atoms with Crippen LogP contribution in [0.3, 0.4) is 0 Å². The Bertz CT molecular complexity index is 973. The van der Waals surface area contributed by atoms with E-state index in [1.54, 1.807) is 13.0 Å². The normalized spacial score (nSPS) is 11.3. The van der Waals surface area contributed by atoms with Gasteiger partial charge in [-0.1, -0.05) is 18.2 Å². The van der Waals surface area contributed by atoms with Gasteiger partial charge >= 0.3 is 5.97 Å². The molecule has 2 aromatic rings. The average molecular weight is 394 g/mol. The molecule has 0 unspecified atom stereocenters. The highest BCUT2D eigenvalue weighted by molar-refractivity contribution is 7.89. The van der Waals surface area contributed by atoms with Gasteiger partial charge in [-0.25, -0.2) is 21.9 Å². The lowest BCUT2D eigenvalue weighted by molar-refractivity contribution is -0.119. The van der Waals surface area contributed by atoms with Gasteiger partial charge in [0, 0.05) is 14.1 Å². The van der Waals surface area contributed by atoms with Crippen molar-refractivity contribution in [2.24, 2.45) is 0 Å². The zero-order valence-electron chi connectivity index (χ0n) is 15.0. The maximum absolute atomic E-state index is 13.5. The Morgan fingerprint density at radius 1 is 1.15 bits per heavy atom. The topological polar surface area (TPSA) is 92.8 Å². The molecule has 0 fully saturated rings. The molecule has 1 amide bonds. The fraction of sp³-hybridized carbons (Fsp3) is 0.222. The molecular weight excluding hydrogens is 375 g/mol. The number of halogens is 1. The van der Waals surface area contributed by atoms with E-state index in [1.807, 2.05) is 0 Å². The number of carbonyl (C=O) groups is 2. The van der Waals surface area contributed by atoms with Crippen molar-refractivity contribution in [3.8, 4) is 0 Å². The number of para-hydroxylation sites is 1.